The highest BCUT2D eigenvalue weighted by Crippen LogP contribution is 2.35. The van der Waals surface area contributed by atoms with E-state index < -0.39 is 0 Å². The quantitative estimate of drug-likeness (QED) is 0.812. The Morgan fingerprint density at radius 1 is 1.41 bits per heavy atom. The summed E-state index contributed by atoms with van der Waals surface area (Å²) >= 11 is 0. The van der Waals surface area contributed by atoms with E-state index in [2.05, 4.69) is 30.8 Å². The summed E-state index contributed by atoms with van der Waals surface area (Å²) in [6.45, 7) is 9.17. The van der Waals surface area contributed by atoms with Gasteiger partial charge in [-0.1, -0.05) is 19.9 Å². The van der Waals surface area contributed by atoms with Crippen molar-refractivity contribution in [2.75, 3.05) is 26.7 Å². The van der Waals surface area contributed by atoms with Gasteiger partial charge in [-0.15, -0.1) is 0 Å². The molecule has 2 fully saturated rings. The van der Waals surface area contributed by atoms with E-state index in [1.165, 1.54) is 0 Å². The van der Waals surface area contributed by atoms with Crippen molar-refractivity contribution < 1.29 is 4.79 Å². The van der Waals surface area contributed by atoms with Gasteiger partial charge in [0.1, 0.15) is 0 Å². The fourth-order valence-electron chi connectivity index (χ4n) is 2.69. The molecular weight excluding hydrogens is 214 g/mol. The second-order valence-corrected chi connectivity index (χ2v) is 5.27. The van der Waals surface area contributed by atoms with Gasteiger partial charge < -0.3 is 10.2 Å². The predicted molar refractivity (Wildman–Crippen MR) is 68.7 cm³/mol. The zero-order valence-electron chi connectivity index (χ0n) is 11.0. The molecule has 0 radical (unpaired) electrons. The molecule has 0 unspecified atom stereocenters. The SMILES string of the molecule is C=C1N(CCCC)C(=O)NC12CCN(C)CC2. The van der Waals surface area contributed by atoms with Crippen molar-refractivity contribution in [3.05, 3.63) is 12.3 Å². The first-order valence-electron chi connectivity index (χ1n) is 6.57. The van der Waals surface area contributed by atoms with Crippen LogP contribution in [0.5, 0.6) is 0 Å². The molecule has 0 aromatic heterocycles. The molecule has 2 aliphatic rings. The summed E-state index contributed by atoms with van der Waals surface area (Å²) in [4.78, 5) is 16.1. The normalized spacial score (nSPS) is 24.5. The number of nitrogens with zero attached hydrogens (tertiary/aromatic N) is 2. The number of hydrogen-bond acceptors (Lipinski definition) is 2. The number of likely N-dealkylation sites (tertiary alicyclic amines) is 1. The lowest BCUT2D eigenvalue weighted by Crippen LogP contribution is -2.50. The van der Waals surface area contributed by atoms with Gasteiger partial charge in [0, 0.05) is 25.3 Å². The molecule has 0 aromatic carbocycles. The third-order valence-electron chi connectivity index (χ3n) is 4.05. The Morgan fingerprint density at radius 2 is 2.06 bits per heavy atom. The van der Waals surface area contributed by atoms with Crippen LogP contribution in [0.1, 0.15) is 32.6 Å². The van der Waals surface area contributed by atoms with Gasteiger partial charge in [-0.05, 0) is 26.3 Å². The average molecular weight is 237 g/mol. The standard InChI is InChI=1S/C13H23N3O/c1-4-5-8-16-11(2)13(14-12(16)17)6-9-15(3)10-7-13/h2,4-10H2,1,3H3,(H,14,17). The van der Waals surface area contributed by atoms with Crippen molar-refractivity contribution in [1.29, 1.82) is 0 Å². The van der Waals surface area contributed by atoms with Gasteiger partial charge in [0.05, 0.1) is 5.54 Å². The number of urea groups is 1. The highest BCUT2D eigenvalue weighted by atomic mass is 16.2. The molecule has 4 heteroatoms. The van der Waals surface area contributed by atoms with Gasteiger partial charge in [-0.3, -0.25) is 4.90 Å². The maximum Gasteiger partial charge on any atom is 0.322 e. The highest BCUT2D eigenvalue weighted by Gasteiger charge is 2.46. The van der Waals surface area contributed by atoms with Crippen molar-refractivity contribution in [2.24, 2.45) is 0 Å². The fourth-order valence-corrected chi connectivity index (χ4v) is 2.69. The molecule has 2 aliphatic heterocycles. The van der Waals surface area contributed by atoms with Crippen molar-refractivity contribution in [3.8, 4) is 0 Å². The molecule has 0 aliphatic carbocycles. The summed E-state index contributed by atoms with van der Waals surface area (Å²) in [7, 11) is 2.13. The third-order valence-corrected chi connectivity index (χ3v) is 4.05. The Bertz CT molecular complexity index is 319. The van der Waals surface area contributed by atoms with Crippen molar-refractivity contribution in [3.63, 3.8) is 0 Å². The second kappa shape index (κ2) is 4.69. The second-order valence-electron chi connectivity index (χ2n) is 5.27. The Balaban J connectivity index is 2.06. The van der Waals surface area contributed by atoms with Crippen LogP contribution in [0.15, 0.2) is 12.3 Å². The monoisotopic (exact) mass is 237 g/mol. The molecular formula is C13H23N3O. The van der Waals surface area contributed by atoms with Crippen LogP contribution in [0.25, 0.3) is 0 Å². The van der Waals surface area contributed by atoms with Gasteiger partial charge in [0.15, 0.2) is 0 Å². The molecule has 1 spiro atoms. The Labute approximate surface area is 104 Å². The third kappa shape index (κ3) is 2.18. The van der Waals surface area contributed by atoms with Crippen LogP contribution in [0, 0.1) is 0 Å². The maximum atomic E-state index is 12.0. The van der Waals surface area contributed by atoms with Crippen LogP contribution in [0.2, 0.25) is 0 Å². The number of hydrogen-bond donors (Lipinski definition) is 1. The van der Waals surface area contributed by atoms with Crippen LogP contribution in [-0.4, -0.2) is 48.1 Å². The predicted octanol–water partition coefficient (Wildman–Crippen LogP) is 1.79. The van der Waals surface area contributed by atoms with E-state index in [9.17, 15) is 4.79 Å². The molecule has 2 amide bonds. The van der Waals surface area contributed by atoms with Crippen LogP contribution in [0.4, 0.5) is 4.79 Å². The number of rotatable bonds is 3. The molecule has 17 heavy (non-hydrogen) atoms. The van der Waals surface area contributed by atoms with Crippen LogP contribution < -0.4 is 5.32 Å². The lowest BCUT2D eigenvalue weighted by molar-refractivity contribution is 0.194. The minimum Gasteiger partial charge on any atom is -0.327 e. The lowest BCUT2D eigenvalue weighted by Gasteiger charge is -2.38. The summed E-state index contributed by atoms with van der Waals surface area (Å²) < 4.78 is 0. The molecule has 2 saturated heterocycles. The first-order chi connectivity index (χ1) is 8.09. The summed E-state index contributed by atoms with van der Waals surface area (Å²) in [5.74, 6) is 0. The number of piperidine rings is 1. The van der Waals surface area contributed by atoms with E-state index in [-0.39, 0.29) is 11.6 Å². The summed E-state index contributed by atoms with van der Waals surface area (Å²) in [6, 6.07) is 0.0491. The molecule has 0 atom stereocenters. The first kappa shape index (κ1) is 12.4. The van der Waals surface area contributed by atoms with E-state index in [1.54, 1.807) is 0 Å². The van der Waals surface area contributed by atoms with E-state index in [0.29, 0.717) is 0 Å². The first-order valence-corrected chi connectivity index (χ1v) is 6.57. The molecule has 0 aromatic rings. The molecule has 1 N–H and O–H groups in total. The molecule has 0 bridgehead atoms. The van der Waals surface area contributed by atoms with Gasteiger partial charge in [-0.2, -0.15) is 0 Å². The van der Waals surface area contributed by atoms with Gasteiger partial charge in [0.25, 0.3) is 0 Å². The topological polar surface area (TPSA) is 35.6 Å². The maximum absolute atomic E-state index is 12.0. The molecule has 0 saturated carbocycles. The largest absolute Gasteiger partial charge is 0.327 e. The van der Waals surface area contributed by atoms with E-state index >= 15 is 0 Å². The van der Waals surface area contributed by atoms with Gasteiger partial charge >= 0.3 is 6.03 Å². The minimum absolute atomic E-state index is 0.0491. The Morgan fingerprint density at radius 3 is 2.65 bits per heavy atom. The summed E-state index contributed by atoms with van der Waals surface area (Å²) in [6.07, 6.45) is 4.11. The van der Waals surface area contributed by atoms with Gasteiger partial charge in [0.2, 0.25) is 0 Å². The van der Waals surface area contributed by atoms with Gasteiger partial charge in [-0.25, -0.2) is 4.79 Å². The fraction of sp³-hybridized carbons (Fsp3) is 0.769. The van der Waals surface area contributed by atoms with Crippen molar-refractivity contribution in [1.82, 2.24) is 15.1 Å². The number of unbranched alkanes of at least 4 members (excludes halogenated alkanes) is 1. The number of carbonyl (C=O) groups excluding carboxylic acids is 1. The molecule has 4 nitrogen and oxygen atoms in total. The molecule has 96 valence electrons. The van der Waals surface area contributed by atoms with E-state index in [1.807, 2.05) is 4.90 Å². The van der Waals surface area contributed by atoms with Crippen molar-refractivity contribution >= 4 is 6.03 Å². The zero-order chi connectivity index (χ0) is 12.5. The number of amides is 2. The minimum atomic E-state index is -0.155. The summed E-state index contributed by atoms with van der Waals surface area (Å²) in [5.41, 5.74) is 0.834. The lowest BCUT2D eigenvalue weighted by atomic mass is 9.86. The van der Waals surface area contributed by atoms with E-state index in [0.717, 1.165) is 51.0 Å². The molecule has 2 rings (SSSR count). The highest BCUT2D eigenvalue weighted by molar-refractivity contribution is 5.81. The van der Waals surface area contributed by atoms with E-state index in [4.69, 9.17) is 0 Å². The summed E-state index contributed by atoms with van der Waals surface area (Å²) in [5, 5.41) is 3.16. The van der Waals surface area contributed by atoms with Crippen LogP contribution in [-0.2, 0) is 0 Å². The number of nitrogens with one attached hydrogen (secondary N) is 1. The Hall–Kier alpha value is -1.03. The Kier molecular flexibility index (Phi) is 3.43. The van der Waals surface area contributed by atoms with Crippen LogP contribution >= 0.6 is 0 Å². The molecule has 2 heterocycles. The number of carbonyl (C=O) groups is 1. The van der Waals surface area contributed by atoms with Crippen molar-refractivity contribution in [2.45, 2.75) is 38.1 Å². The smallest absolute Gasteiger partial charge is 0.322 e. The zero-order valence-corrected chi connectivity index (χ0v) is 11.0. The average Bonchev–Trinajstić information content (AvgIpc) is 2.54. The van der Waals surface area contributed by atoms with Crippen LogP contribution in [0.3, 0.4) is 0 Å².